The van der Waals surface area contributed by atoms with E-state index < -0.39 is 0 Å². The first-order valence-electron chi connectivity index (χ1n) is 15.3. The normalized spacial score (nSPS) is 14.6. The molecular weight excluding hydrogens is 554 g/mol. The first-order valence-corrected chi connectivity index (χ1v) is 15.3. The van der Waals surface area contributed by atoms with Gasteiger partial charge in [-0.3, -0.25) is 0 Å². The number of para-hydroxylation sites is 1. The van der Waals surface area contributed by atoms with Crippen LogP contribution in [0.15, 0.2) is 136 Å². The van der Waals surface area contributed by atoms with Crippen LogP contribution >= 0.6 is 0 Å². The lowest BCUT2D eigenvalue weighted by molar-refractivity contribution is 0.503. The minimum atomic E-state index is 0.239. The standard InChI is InChI=1S/C40H27N3O2/c1-24-16-19-31(36-30-20-17-27(23-35(30)45-37(24)36)25-10-4-2-5-11-25)40-42-38(26-12-6-3-7-13-26)41-39(43-40)28-18-21-34-32(22-28)29-14-8-9-15-33(29)44-34/h2-15,17-24H,16H2,1H3. The number of furan rings is 2. The Kier molecular flexibility index (Phi) is 5.78. The van der Waals surface area contributed by atoms with E-state index in [0.29, 0.717) is 17.5 Å². The maximum absolute atomic E-state index is 6.60. The van der Waals surface area contributed by atoms with Gasteiger partial charge in [-0.1, -0.05) is 97.9 Å². The van der Waals surface area contributed by atoms with Gasteiger partial charge in [-0.25, -0.2) is 15.0 Å². The van der Waals surface area contributed by atoms with E-state index in [1.54, 1.807) is 0 Å². The lowest BCUT2D eigenvalue weighted by Crippen LogP contribution is -2.08. The van der Waals surface area contributed by atoms with Crippen molar-refractivity contribution in [2.45, 2.75) is 19.3 Å². The van der Waals surface area contributed by atoms with Gasteiger partial charge in [0, 0.05) is 44.3 Å². The van der Waals surface area contributed by atoms with Gasteiger partial charge in [0.2, 0.25) is 0 Å². The Morgan fingerprint density at radius 3 is 2.00 bits per heavy atom. The second-order valence-corrected chi connectivity index (χ2v) is 11.7. The molecule has 9 rings (SSSR count). The fourth-order valence-corrected chi connectivity index (χ4v) is 6.46. The van der Waals surface area contributed by atoms with Crippen LogP contribution in [0.5, 0.6) is 0 Å². The molecule has 0 saturated heterocycles. The molecule has 5 nitrogen and oxygen atoms in total. The summed E-state index contributed by atoms with van der Waals surface area (Å²) in [5.74, 6) is 3.10. The Balaban J connectivity index is 1.23. The summed E-state index contributed by atoms with van der Waals surface area (Å²) in [5.41, 5.74) is 8.75. The molecule has 0 aliphatic heterocycles. The van der Waals surface area contributed by atoms with Crippen molar-refractivity contribution < 1.29 is 8.83 Å². The molecular formula is C40H27N3O2. The van der Waals surface area contributed by atoms with Gasteiger partial charge in [0.15, 0.2) is 17.5 Å². The molecule has 0 saturated carbocycles. The van der Waals surface area contributed by atoms with Crippen LogP contribution in [-0.2, 0) is 0 Å². The van der Waals surface area contributed by atoms with Crippen LogP contribution in [0.3, 0.4) is 0 Å². The van der Waals surface area contributed by atoms with E-state index in [9.17, 15) is 0 Å². The third kappa shape index (κ3) is 4.27. The molecule has 1 aliphatic carbocycles. The van der Waals surface area contributed by atoms with E-state index in [-0.39, 0.29) is 5.92 Å². The summed E-state index contributed by atoms with van der Waals surface area (Å²) in [5, 5.41) is 3.17. The molecule has 1 unspecified atom stereocenters. The topological polar surface area (TPSA) is 65.0 Å². The third-order valence-electron chi connectivity index (χ3n) is 8.76. The minimum absolute atomic E-state index is 0.239. The van der Waals surface area contributed by atoms with Crippen molar-refractivity contribution in [3.63, 3.8) is 0 Å². The molecule has 0 bridgehead atoms. The van der Waals surface area contributed by atoms with Gasteiger partial charge in [0.1, 0.15) is 22.5 Å². The summed E-state index contributed by atoms with van der Waals surface area (Å²) in [7, 11) is 0. The molecule has 3 heterocycles. The Morgan fingerprint density at radius 2 is 1.18 bits per heavy atom. The molecule has 0 N–H and O–H groups in total. The van der Waals surface area contributed by atoms with Crippen molar-refractivity contribution in [1.29, 1.82) is 0 Å². The summed E-state index contributed by atoms with van der Waals surface area (Å²) in [6.45, 7) is 2.21. The summed E-state index contributed by atoms with van der Waals surface area (Å²) in [4.78, 5) is 15.2. The van der Waals surface area contributed by atoms with Crippen LogP contribution in [0.1, 0.15) is 36.4 Å². The average molecular weight is 582 g/mol. The van der Waals surface area contributed by atoms with Gasteiger partial charge in [-0.2, -0.15) is 0 Å². The third-order valence-corrected chi connectivity index (χ3v) is 8.76. The smallest absolute Gasteiger partial charge is 0.164 e. The van der Waals surface area contributed by atoms with Crippen molar-refractivity contribution in [3.05, 3.63) is 145 Å². The highest BCUT2D eigenvalue weighted by Gasteiger charge is 2.29. The van der Waals surface area contributed by atoms with Crippen LogP contribution < -0.4 is 0 Å². The van der Waals surface area contributed by atoms with E-state index in [1.165, 1.54) is 0 Å². The summed E-state index contributed by atoms with van der Waals surface area (Å²) in [6.07, 6.45) is 3.09. The molecule has 5 heteroatoms. The van der Waals surface area contributed by atoms with Crippen molar-refractivity contribution >= 4 is 38.5 Å². The molecule has 214 valence electrons. The minimum Gasteiger partial charge on any atom is -0.460 e. The lowest BCUT2D eigenvalue weighted by Gasteiger charge is -2.18. The van der Waals surface area contributed by atoms with Crippen molar-refractivity contribution in [3.8, 4) is 33.9 Å². The Morgan fingerprint density at radius 1 is 0.511 bits per heavy atom. The number of fused-ring (bicyclic) bond motifs is 6. The molecule has 5 aromatic carbocycles. The van der Waals surface area contributed by atoms with Crippen LogP contribution in [0, 0.1) is 0 Å². The maximum Gasteiger partial charge on any atom is 0.164 e. The molecule has 1 aliphatic rings. The molecule has 0 radical (unpaired) electrons. The van der Waals surface area contributed by atoms with Crippen LogP contribution in [-0.4, -0.2) is 15.0 Å². The molecule has 8 aromatic rings. The maximum atomic E-state index is 6.60. The average Bonchev–Trinajstić information content (AvgIpc) is 3.68. The zero-order chi connectivity index (χ0) is 29.9. The Labute approximate surface area is 259 Å². The fourth-order valence-electron chi connectivity index (χ4n) is 6.46. The van der Waals surface area contributed by atoms with Crippen LogP contribution in [0.25, 0.3) is 72.4 Å². The van der Waals surface area contributed by atoms with Gasteiger partial charge in [0.25, 0.3) is 0 Å². The van der Waals surface area contributed by atoms with E-state index >= 15 is 0 Å². The first-order chi connectivity index (χ1) is 22.2. The second-order valence-electron chi connectivity index (χ2n) is 11.7. The molecule has 1 atom stereocenters. The predicted molar refractivity (Wildman–Crippen MR) is 180 cm³/mol. The van der Waals surface area contributed by atoms with Crippen molar-refractivity contribution in [2.75, 3.05) is 0 Å². The molecule has 45 heavy (non-hydrogen) atoms. The zero-order valence-corrected chi connectivity index (χ0v) is 24.6. The molecule has 0 spiro atoms. The van der Waals surface area contributed by atoms with E-state index in [0.717, 1.165) is 78.5 Å². The number of allylic oxidation sites excluding steroid dienone is 1. The van der Waals surface area contributed by atoms with Gasteiger partial charge in [0.05, 0.1) is 0 Å². The fraction of sp³-hybridized carbons (Fsp3) is 0.0750. The predicted octanol–water partition coefficient (Wildman–Crippen LogP) is 10.5. The zero-order valence-electron chi connectivity index (χ0n) is 24.6. The number of hydrogen-bond donors (Lipinski definition) is 0. The second kappa shape index (κ2) is 10.1. The summed E-state index contributed by atoms with van der Waals surface area (Å²) >= 11 is 0. The van der Waals surface area contributed by atoms with E-state index in [4.69, 9.17) is 23.8 Å². The summed E-state index contributed by atoms with van der Waals surface area (Å²) in [6, 6.07) is 41.2. The first kappa shape index (κ1) is 25.7. The highest BCUT2D eigenvalue weighted by Crippen LogP contribution is 2.44. The summed E-state index contributed by atoms with van der Waals surface area (Å²) < 4.78 is 12.7. The van der Waals surface area contributed by atoms with E-state index in [1.807, 2.05) is 66.7 Å². The van der Waals surface area contributed by atoms with Gasteiger partial charge in [-0.05, 0) is 53.9 Å². The quantitative estimate of drug-likeness (QED) is 0.207. The highest BCUT2D eigenvalue weighted by molar-refractivity contribution is 6.06. The van der Waals surface area contributed by atoms with Crippen molar-refractivity contribution in [1.82, 2.24) is 15.0 Å². The molecule has 0 fully saturated rings. The van der Waals surface area contributed by atoms with E-state index in [2.05, 4.69) is 67.6 Å². The molecule has 0 amide bonds. The van der Waals surface area contributed by atoms with Crippen LogP contribution in [0.4, 0.5) is 0 Å². The number of nitrogens with zero attached hydrogens (tertiary/aromatic N) is 3. The van der Waals surface area contributed by atoms with Crippen molar-refractivity contribution in [2.24, 2.45) is 0 Å². The van der Waals surface area contributed by atoms with Gasteiger partial charge >= 0.3 is 0 Å². The highest BCUT2D eigenvalue weighted by atomic mass is 16.3. The molecule has 3 aromatic heterocycles. The Bertz CT molecular complexity index is 2420. The number of hydrogen-bond acceptors (Lipinski definition) is 5. The Hall–Kier alpha value is -5.81. The van der Waals surface area contributed by atoms with Gasteiger partial charge < -0.3 is 8.83 Å². The number of aromatic nitrogens is 3. The number of benzene rings is 5. The monoisotopic (exact) mass is 581 g/mol. The van der Waals surface area contributed by atoms with Gasteiger partial charge in [-0.15, -0.1) is 0 Å². The largest absolute Gasteiger partial charge is 0.460 e. The lowest BCUT2D eigenvalue weighted by atomic mass is 9.87. The number of rotatable bonds is 4. The van der Waals surface area contributed by atoms with Crippen LogP contribution in [0.2, 0.25) is 0 Å². The SMILES string of the molecule is CC1CC=C(c2nc(-c3ccccc3)nc(-c3ccc4oc5ccccc5c4c3)n2)c2c1oc1cc(-c3ccccc3)ccc21.